The monoisotopic (exact) mass is 282 g/mol. The molecule has 1 aliphatic heterocycles. The fourth-order valence-electron chi connectivity index (χ4n) is 2.03. The zero-order chi connectivity index (χ0) is 13.8. The average Bonchev–Trinajstić information content (AvgIpc) is 3.04. The zero-order valence-electron chi connectivity index (χ0n) is 11.1. The van der Waals surface area contributed by atoms with Crippen LogP contribution in [0.5, 0.6) is 0 Å². The number of hydrogen-bond acceptors (Lipinski definition) is 4. The van der Waals surface area contributed by atoms with Crippen molar-refractivity contribution in [1.82, 2.24) is 10.9 Å². The van der Waals surface area contributed by atoms with E-state index in [1.54, 1.807) is 0 Å². The van der Waals surface area contributed by atoms with Gasteiger partial charge in [0, 0.05) is 11.5 Å². The Morgan fingerprint density at radius 2 is 2.26 bits per heavy atom. The van der Waals surface area contributed by atoms with Crippen molar-refractivity contribution in [2.24, 2.45) is 0 Å². The lowest BCUT2D eigenvalue weighted by atomic mass is 10.2. The van der Waals surface area contributed by atoms with E-state index >= 15 is 0 Å². The van der Waals surface area contributed by atoms with E-state index in [4.69, 9.17) is 4.74 Å². The molecule has 1 aromatic rings. The first kappa shape index (κ1) is 14.0. The highest BCUT2D eigenvalue weighted by Crippen LogP contribution is 2.22. The first-order valence-corrected chi connectivity index (χ1v) is 7.24. The minimum atomic E-state index is -0.434. The smallest absolute Gasteiger partial charge is 0.279 e. The summed E-state index contributed by atoms with van der Waals surface area (Å²) < 4.78 is 5.23. The maximum Gasteiger partial charge on any atom is 0.279 e. The number of hydrogen-bond donors (Lipinski definition) is 2. The van der Waals surface area contributed by atoms with Crippen LogP contribution in [0, 0.1) is 6.92 Å². The van der Waals surface area contributed by atoms with Crippen LogP contribution in [-0.2, 0) is 16.0 Å². The summed E-state index contributed by atoms with van der Waals surface area (Å²) in [5, 5.41) is 0. The molecule has 19 heavy (non-hydrogen) atoms. The first-order chi connectivity index (χ1) is 9.11. The second-order valence-electron chi connectivity index (χ2n) is 4.52. The quantitative estimate of drug-likeness (QED) is 0.827. The van der Waals surface area contributed by atoms with Gasteiger partial charge in [-0.15, -0.1) is 11.3 Å². The van der Waals surface area contributed by atoms with Gasteiger partial charge in [-0.25, -0.2) is 0 Å². The molecule has 1 saturated heterocycles. The fraction of sp³-hybridized carbons (Fsp3) is 0.538. The number of carbonyl (C=O) groups excluding carboxylic acids is 2. The van der Waals surface area contributed by atoms with E-state index in [1.165, 1.54) is 16.2 Å². The molecule has 2 N–H and O–H groups in total. The Kier molecular flexibility index (Phi) is 4.55. The summed E-state index contributed by atoms with van der Waals surface area (Å²) >= 11 is 1.46. The molecule has 0 aliphatic carbocycles. The van der Waals surface area contributed by atoms with Gasteiger partial charge in [0.2, 0.25) is 0 Å². The predicted octanol–water partition coefficient (Wildman–Crippen LogP) is 1.56. The lowest BCUT2D eigenvalue weighted by molar-refractivity contribution is -0.130. The maximum atomic E-state index is 11.9. The number of rotatable bonds is 3. The summed E-state index contributed by atoms with van der Waals surface area (Å²) in [7, 11) is 0. The van der Waals surface area contributed by atoms with Gasteiger partial charge in [-0.3, -0.25) is 20.4 Å². The number of hydrazine groups is 1. The van der Waals surface area contributed by atoms with Crippen molar-refractivity contribution in [3.63, 3.8) is 0 Å². The van der Waals surface area contributed by atoms with Gasteiger partial charge in [0.1, 0.15) is 6.10 Å². The van der Waals surface area contributed by atoms with Crippen molar-refractivity contribution in [1.29, 1.82) is 0 Å². The van der Waals surface area contributed by atoms with Gasteiger partial charge in [-0.1, -0.05) is 6.92 Å². The van der Waals surface area contributed by atoms with Crippen LogP contribution in [0.25, 0.3) is 0 Å². The summed E-state index contributed by atoms with van der Waals surface area (Å²) in [5.41, 5.74) is 5.96. The second kappa shape index (κ2) is 6.16. The molecule has 1 unspecified atom stereocenters. The molecule has 1 aliphatic rings. The Morgan fingerprint density at radius 3 is 2.84 bits per heavy atom. The van der Waals surface area contributed by atoms with Gasteiger partial charge in [0.05, 0.1) is 4.88 Å². The molecule has 2 rings (SSSR count). The molecule has 2 amide bonds. The number of nitrogens with one attached hydrogen (secondary N) is 2. The molecule has 0 saturated carbocycles. The van der Waals surface area contributed by atoms with Gasteiger partial charge < -0.3 is 4.74 Å². The van der Waals surface area contributed by atoms with Gasteiger partial charge >= 0.3 is 0 Å². The topological polar surface area (TPSA) is 67.4 Å². The fourth-order valence-corrected chi connectivity index (χ4v) is 3.04. The van der Waals surface area contributed by atoms with Crippen molar-refractivity contribution in [2.45, 2.75) is 39.2 Å². The van der Waals surface area contributed by atoms with E-state index in [0.717, 1.165) is 18.4 Å². The molecule has 104 valence electrons. The van der Waals surface area contributed by atoms with Crippen LogP contribution < -0.4 is 10.9 Å². The van der Waals surface area contributed by atoms with Crippen LogP contribution >= 0.6 is 11.3 Å². The largest absolute Gasteiger partial charge is 0.368 e. The zero-order valence-corrected chi connectivity index (χ0v) is 11.9. The average molecular weight is 282 g/mol. The molecule has 1 atom stereocenters. The number of amides is 2. The van der Waals surface area contributed by atoms with E-state index in [0.29, 0.717) is 17.9 Å². The van der Waals surface area contributed by atoms with Crippen LogP contribution in [0.15, 0.2) is 6.07 Å². The Hall–Kier alpha value is -1.40. The van der Waals surface area contributed by atoms with Crippen molar-refractivity contribution in [2.75, 3.05) is 6.61 Å². The molecule has 0 spiro atoms. The molecule has 6 heteroatoms. The number of ether oxygens (including phenoxy) is 1. The Morgan fingerprint density at radius 1 is 1.47 bits per heavy atom. The number of aryl methyl sites for hydroxylation is 2. The molecule has 1 aromatic heterocycles. The molecule has 0 aromatic carbocycles. The van der Waals surface area contributed by atoms with E-state index in [-0.39, 0.29) is 11.8 Å². The molecular weight excluding hydrogens is 264 g/mol. The third-order valence-corrected chi connectivity index (χ3v) is 4.47. The van der Waals surface area contributed by atoms with Crippen molar-refractivity contribution in [3.8, 4) is 0 Å². The minimum Gasteiger partial charge on any atom is -0.368 e. The highest BCUT2D eigenvalue weighted by Gasteiger charge is 2.24. The van der Waals surface area contributed by atoms with Crippen molar-refractivity contribution >= 4 is 23.2 Å². The highest BCUT2D eigenvalue weighted by molar-refractivity contribution is 7.14. The normalized spacial score (nSPS) is 18.3. The predicted molar refractivity (Wildman–Crippen MR) is 73.0 cm³/mol. The molecule has 0 bridgehead atoms. The van der Waals surface area contributed by atoms with Crippen LogP contribution in [0.4, 0.5) is 0 Å². The number of carbonyl (C=O) groups is 2. The Balaban J connectivity index is 1.88. The summed E-state index contributed by atoms with van der Waals surface area (Å²) in [6, 6.07) is 1.84. The van der Waals surface area contributed by atoms with E-state index in [1.807, 2.05) is 13.0 Å². The summed E-state index contributed by atoms with van der Waals surface area (Å²) in [4.78, 5) is 25.4. The van der Waals surface area contributed by atoms with E-state index in [9.17, 15) is 9.59 Å². The lowest BCUT2D eigenvalue weighted by Crippen LogP contribution is -2.46. The van der Waals surface area contributed by atoms with Crippen molar-refractivity contribution < 1.29 is 14.3 Å². The third kappa shape index (κ3) is 3.33. The first-order valence-electron chi connectivity index (χ1n) is 6.43. The summed E-state index contributed by atoms with van der Waals surface area (Å²) in [6.07, 6.45) is 2.07. The summed E-state index contributed by atoms with van der Waals surface area (Å²) in [5.74, 6) is -0.561. The lowest BCUT2D eigenvalue weighted by Gasteiger charge is -2.10. The highest BCUT2D eigenvalue weighted by atomic mass is 32.1. The van der Waals surface area contributed by atoms with Crippen LogP contribution in [-0.4, -0.2) is 24.5 Å². The Bertz CT molecular complexity index is 478. The molecule has 5 nitrogen and oxygen atoms in total. The molecular formula is C13H18N2O3S. The Labute approximate surface area is 116 Å². The molecule has 0 radical (unpaired) electrons. The van der Waals surface area contributed by atoms with Crippen molar-refractivity contribution in [3.05, 3.63) is 21.4 Å². The van der Waals surface area contributed by atoms with Gasteiger partial charge in [-0.05, 0) is 37.8 Å². The van der Waals surface area contributed by atoms with Crippen LogP contribution in [0.2, 0.25) is 0 Å². The second-order valence-corrected chi connectivity index (χ2v) is 5.65. The number of thiophene rings is 1. The van der Waals surface area contributed by atoms with Crippen LogP contribution in [0.3, 0.4) is 0 Å². The SMILES string of the molecule is CCc1sc(C(=O)NNC(=O)C2CCCO2)cc1C. The van der Waals surface area contributed by atoms with E-state index < -0.39 is 6.10 Å². The van der Waals surface area contributed by atoms with Gasteiger partial charge in [0.15, 0.2) is 0 Å². The summed E-state index contributed by atoms with van der Waals surface area (Å²) in [6.45, 7) is 4.65. The molecule has 1 fully saturated rings. The third-order valence-electron chi connectivity index (χ3n) is 3.09. The van der Waals surface area contributed by atoms with Crippen LogP contribution in [0.1, 0.15) is 39.9 Å². The molecule has 2 heterocycles. The standard InChI is InChI=1S/C13H18N2O3S/c1-3-10-8(2)7-11(19-10)13(17)15-14-12(16)9-5-4-6-18-9/h7,9H,3-6H2,1-2H3,(H,14,16)(H,15,17). The maximum absolute atomic E-state index is 11.9. The van der Waals surface area contributed by atoms with E-state index in [2.05, 4.69) is 17.8 Å². The van der Waals surface area contributed by atoms with Gasteiger partial charge in [0.25, 0.3) is 11.8 Å². The van der Waals surface area contributed by atoms with Gasteiger partial charge in [-0.2, -0.15) is 0 Å². The minimum absolute atomic E-state index is 0.279.